The van der Waals surface area contributed by atoms with E-state index in [0.29, 0.717) is 6.26 Å². The van der Waals surface area contributed by atoms with Crippen LogP contribution >= 0.6 is 0 Å². The minimum absolute atomic E-state index is 0. The summed E-state index contributed by atoms with van der Waals surface area (Å²) in [5.41, 5.74) is 0. The molecule has 0 fully saturated rings. The first-order chi connectivity index (χ1) is 5.83. The second kappa shape index (κ2) is 7.18. The molecule has 0 N–H and O–H groups in total. The molecule has 0 saturated heterocycles. The fourth-order valence-electron chi connectivity index (χ4n) is 0.794. The van der Waals surface area contributed by atoms with Crippen molar-refractivity contribution in [3.05, 3.63) is 12.4 Å². The molecule has 1 aliphatic heterocycles. The van der Waals surface area contributed by atoms with Crippen molar-refractivity contribution in [1.82, 2.24) is 9.80 Å². The van der Waals surface area contributed by atoms with E-state index in [-0.39, 0.29) is 18.9 Å². The van der Waals surface area contributed by atoms with E-state index in [0.717, 1.165) is 13.2 Å². The Balaban J connectivity index is 0. The largest absolute Gasteiger partial charge is 1.00 e. The Kier molecular flexibility index (Phi) is 8.35. The first kappa shape index (κ1) is 16.3. The molecule has 5 nitrogen and oxygen atoms in total. The molecule has 0 aliphatic carbocycles. The second-order valence-electron chi connectivity index (χ2n) is 2.81. The van der Waals surface area contributed by atoms with Crippen molar-refractivity contribution < 1.29 is 31.8 Å². The van der Waals surface area contributed by atoms with Crippen LogP contribution < -0.4 is 18.9 Å². The maximum Gasteiger partial charge on any atom is 1.00 e. The van der Waals surface area contributed by atoms with Crippen LogP contribution in [0.15, 0.2) is 12.4 Å². The Morgan fingerprint density at radius 3 is 2.00 bits per heavy atom. The van der Waals surface area contributed by atoms with Crippen molar-refractivity contribution in [3.8, 4) is 0 Å². The van der Waals surface area contributed by atoms with Crippen LogP contribution in [0.5, 0.6) is 0 Å². The molecule has 0 radical (unpaired) electrons. The molecule has 0 aromatic carbocycles. The third-order valence-electron chi connectivity index (χ3n) is 1.34. The monoisotopic (exact) mass is 214 g/mol. The Bertz CT molecular complexity index is 258. The van der Waals surface area contributed by atoms with Gasteiger partial charge in [0.15, 0.2) is 0 Å². The van der Waals surface area contributed by atoms with Gasteiger partial charge < -0.3 is 14.4 Å². The number of hydrogen-bond donors (Lipinski definition) is 0. The molecule has 0 unspecified atom stereocenters. The average molecular weight is 214 g/mol. The molecule has 1 rings (SSSR count). The summed E-state index contributed by atoms with van der Waals surface area (Å²) >= 11 is 0. The van der Waals surface area contributed by atoms with Gasteiger partial charge >= 0.3 is 18.9 Å². The van der Waals surface area contributed by atoms with E-state index in [9.17, 15) is 0 Å². The molecule has 0 aromatic heterocycles. The van der Waals surface area contributed by atoms with E-state index in [4.69, 9.17) is 13.0 Å². The van der Waals surface area contributed by atoms with Crippen LogP contribution in [-0.2, 0) is 10.1 Å². The molecule has 0 aromatic rings. The topological polar surface area (TPSA) is 63.7 Å². The Labute approximate surface area is 97.7 Å². The average Bonchev–Trinajstić information content (AvgIpc) is 2.31. The smallest absolute Gasteiger partial charge is 0.748 e. The van der Waals surface area contributed by atoms with Crippen LogP contribution in [0.4, 0.5) is 0 Å². The third-order valence-corrected chi connectivity index (χ3v) is 1.34. The van der Waals surface area contributed by atoms with Crippen LogP contribution in [0, 0.1) is 0 Å². The van der Waals surface area contributed by atoms with Gasteiger partial charge in [-0.05, 0) is 6.92 Å². The predicted octanol–water partition coefficient (Wildman–Crippen LogP) is -3.15. The van der Waals surface area contributed by atoms with Gasteiger partial charge in [-0.3, -0.25) is 0 Å². The van der Waals surface area contributed by atoms with Gasteiger partial charge in [0.1, 0.15) is 0 Å². The van der Waals surface area contributed by atoms with Crippen LogP contribution in [0.25, 0.3) is 0 Å². The van der Waals surface area contributed by atoms with E-state index in [1.54, 1.807) is 0 Å². The van der Waals surface area contributed by atoms with Gasteiger partial charge in [-0.1, -0.05) is 0 Å². The summed E-state index contributed by atoms with van der Waals surface area (Å²) in [6, 6.07) is 0. The molecule has 1 heterocycles. The summed E-state index contributed by atoms with van der Waals surface area (Å²) < 4.78 is 27.2. The van der Waals surface area contributed by atoms with Gasteiger partial charge in [-0.25, -0.2) is 8.42 Å². The molecule has 78 valence electrons. The fourth-order valence-corrected chi connectivity index (χ4v) is 0.794. The van der Waals surface area contributed by atoms with Crippen molar-refractivity contribution in [1.29, 1.82) is 0 Å². The Morgan fingerprint density at radius 1 is 1.43 bits per heavy atom. The van der Waals surface area contributed by atoms with Crippen molar-refractivity contribution in [2.75, 3.05) is 26.5 Å². The van der Waals surface area contributed by atoms with Crippen LogP contribution in [-0.4, -0.2) is 49.3 Å². The summed E-state index contributed by atoms with van der Waals surface area (Å²) in [6.45, 7) is 4.32. The van der Waals surface area contributed by atoms with Crippen LogP contribution in [0.3, 0.4) is 0 Å². The zero-order chi connectivity index (χ0) is 10.5. The first-order valence-electron chi connectivity index (χ1n) is 3.86. The van der Waals surface area contributed by atoms with E-state index < -0.39 is 10.1 Å². The van der Waals surface area contributed by atoms with E-state index in [2.05, 4.69) is 36.2 Å². The first-order valence-corrected chi connectivity index (χ1v) is 5.68. The summed E-state index contributed by atoms with van der Waals surface area (Å²) in [4.78, 5) is 4.41. The third kappa shape index (κ3) is 11.8. The van der Waals surface area contributed by atoms with Crippen LogP contribution in [0.2, 0.25) is 0 Å². The van der Waals surface area contributed by atoms with Crippen LogP contribution in [0.1, 0.15) is 6.92 Å². The molecule has 1 aliphatic rings. The van der Waals surface area contributed by atoms with Gasteiger partial charge in [0, 0.05) is 32.2 Å². The molecule has 0 amide bonds. The SMILES string of the molecule is CCN1C=CN(C)C1.CS(=O)(=O)[O-].[Li+]. The number of rotatable bonds is 1. The van der Waals surface area contributed by atoms with E-state index in [1.807, 2.05) is 0 Å². The number of hydrogen-bond acceptors (Lipinski definition) is 5. The standard InChI is InChI=1S/C6H12N2.CH4O3S.Li/c1-3-8-5-4-7(2)6-8;1-5(2,3)4;/h4-5H,3,6H2,1-2H3;1H3,(H,2,3,4);/q;;+1/p-1. The van der Waals surface area contributed by atoms with Crippen molar-refractivity contribution >= 4 is 10.1 Å². The zero-order valence-corrected chi connectivity index (χ0v) is 9.91. The van der Waals surface area contributed by atoms with Gasteiger partial charge in [-0.15, -0.1) is 0 Å². The minimum atomic E-state index is -3.92. The van der Waals surface area contributed by atoms with Gasteiger partial charge in [-0.2, -0.15) is 0 Å². The summed E-state index contributed by atoms with van der Waals surface area (Å²) in [7, 11) is -1.84. The summed E-state index contributed by atoms with van der Waals surface area (Å²) in [5.74, 6) is 0. The summed E-state index contributed by atoms with van der Waals surface area (Å²) in [5, 5.41) is 0. The quantitative estimate of drug-likeness (QED) is 0.341. The predicted molar refractivity (Wildman–Crippen MR) is 49.8 cm³/mol. The zero-order valence-electron chi connectivity index (χ0n) is 9.10. The minimum Gasteiger partial charge on any atom is -0.748 e. The number of nitrogens with zero attached hydrogens (tertiary/aromatic N) is 2. The Hall–Kier alpha value is -0.153. The Morgan fingerprint density at radius 2 is 1.86 bits per heavy atom. The van der Waals surface area contributed by atoms with Crippen molar-refractivity contribution in [3.63, 3.8) is 0 Å². The van der Waals surface area contributed by atoms with Crippen molar-refractivity contribution in [2.24, 2.45) is 0 Å². The molecule has 14 heavy (non-hydrogen) atoms. The van der Waals surface area contributed by atoms with E-state index >= 15 is 0 Å². The van der Waals surface area contributed by atoms with Crippen molar-refractivity contribution in [2.45, 2.75) is 6.92 Å². The van der Waals surface area contributed by atoms with Gasteiger partial charge in [0.25, 0.3) is 0 Å². The molecular formula is C7H15LiN2O3S. The fraction of sp³-hybridized carbons (Fsp3) is 0.714. The normalized spacial score (nSPS) is 14.6. The van der Waals surface area contributed by atoms with Gasteiger partial charge in [0.05, 0.1) is 16.8 Å². The molecule has 7 heteroatoms. The second-order valence-corrected chi connectivity index (χ2v) is 4.21. The molecule has 0 atom stereocenters. The molecular weight excluding hydrogens is 199 g/mol. The molecule has 0 saturated carbocycles. The summed E-state index contributed by atoms with van der Waals surface area (Å²) in [6.07, 6.45) is 4.80. The molecule has 0 bridgehead atoms. The van der Waals surface area contributed by atoms with Gasteiger partial charge in [0.2, 0.25) is 0 Å². The molecule has 0 spiro atoms. The maximum atomic E-state index is 9.08. The maximum absolute atomic E-state index is 9.08. The van der Waals surface area contributed by atoms with E-state index in [1.165, 1.54) is 0 Å².